The number of fused-ring (bicyclic) bond motifs is 2. The van der Waals surface area contributed by atoms with Crippen LogP contribution in [0.15, 0.2) is 103 Å². The smallest absolute Gasteiger partial charge is 0.216 e. The van der Waals surface area contributed by atoms with Gasteiger partial charge in [0.1, 0.15) is 11.6 Å². The predicted octanol–water partition coefficient (Wildman–Crippen LogP) is 7.29. The number of para-hydroxylation sites is 2. The molecule has 0 saturated heterocycles. The standard InChI is InChI=1S/C31H24FNO2/c1-30(2)26-10-6-7-11-27(26)33(25-8-4-3-5-9-25)31(30)19-18-22-20-23(14-17-28(22)35-31)29(34)21-12-15-24(32)16-13-21/h3-20H,1-2H3. The molecule has 0 amide bonds. The zero-order valence-electron chi connectivity index (χ0n) is 19.5. The quantitative estimate of drug-likeness (QED) is 0.300. The van der Waals surface area contributed by atoms with Crippen LogP contribution in [0.25, 0.3) is 6.08 Å². The summed E-state index contributed by atoms with van der Waals surface area (Å²) < 4.78 is 20.2. The van der Waals surface area contributed by atoms with Crippen molar-refractivity contribution in [2.45, 2.75) is 25.0 Å². The van der Waals surface area contributed by atoms with Gasteiger partial charge in [0.05, 0.1) is 5.41 Å². The molecule has 6 rings (SSSR count). The van der Waals surface area contributed by atoms with Gasteiger partial charge in [0.25, 0.3) is 0 Å². The number of ketones is 1. The Balaban J connectivity index is 1.44. The van der Waals surface area contributed by atoms with E-state index in [-0.39, 0.29) is 17.0 Å². The zero-order valence-corrected chi connectivity index (χ0v) is 19.5. The average Bonchev–Trinajstić information content (AvgIpc) is 3.07. The van der Waals surface area contributed by atoms with Crippen molar-refractivity contribution < 1.29 is 13.9 Å². The third-order valence-electron chi connectivity index (χ3n) is 7.19. The molecule has 0 N–H and O–H groups in total. The third kappa shape index (κ3) is 3.13. The molecule has 0 fully saturated rings. The fourth-order valence-corrected chi connectivity index (χ4v) is 5.30. The minimum atomic E-state index is -0.784. The molecule has 2 heterocycles. The lowest BCUT2D eigenvalue weighted by Gasteiger charge is -2.47. The summed E-state index contributed by atoms with van der Waals surface area (Å²) in [4.78, 5) is 15.2. The van der Waals surface area contributed by atoms with Gasteiger partial charge in [-0.1, -0.05) is 36.4 Å². The van der Waals surface area contributed by atoms with Crippen LogP contribution in [0.3, 0.4) is 0 Å². The first kappa shape index (κ1) is 21.4. The molecule has 2 aliphatic heterocycles. The fraction of sp³-hybridized carbons (Fsp3) is 0.129. The maximum Gasteiger partial charge on any atom is 0.216 e. The van der Waals surface area contributed by atoms with Crippen LogP contribution in [0.5, 0.6) is 5.75 Å². The SMILES string of the molecule is CC1(C)c2ccccc2N(c2ccccc2)C12C=Cc1cc(C(=O)c3ccc(F)cc3)ccc1O2. The first-order valence-corrected chi connectivity index (χ1v) is 11.7. The van der Waals surface area contributed by atoms with Gasteiger partial charge in [0.2, 0.25) is 5.72 Å². The normalized spacial score (nSPS) is 19.2. The fourth-order valence-electron chi connectivity index (χ4n) is 5.30. The van der Waals surface area contributed by atoms with E-state index in [2.05, 4.69) is 61.2 Å². The maximum absolute atomic E-state index is 13.3. The summed E-state index contributed by atoms with van der Waals surface area (Å²) in [6.07, 6.45) is 4.15. The molecule has 0 aliphatic carbocycles. The van der Waals surface area contributed by atoms with Crippen molar-refractivity contribution in [1.82, 2.24) is 0 Å². The van der Waals surface area contributed by atoms with Crippen molar-refractivity contribution in [3.63, 3.8) is 0 Å². The van der Waals surface area contributed by atoms with Gasteiger partial charge < -0.3 is 4.74 Å². The van der Waals surface area contributed by atoms with Crippen LogP contribution in [0.2, 0.25) is 0 Å². The van der Waals surface area contributed by atoms with E-state index in [1.54, 1.807) is 6.07 Å². The van der Waals surface area contributed by atoms with E-state index in [4.69, 9.17) is 4.74 Å². The molecule has 3 nitrogen and oxygen atoms in total. The number of hydrogen-bond acceptors (Lipinski definition) is 3. The molecular formula is C31H24FNO2. The Kier molecular flexibility index (Phi) is 4.68. The van der Waals surface area contributed by atoms with Crippen LogP contribution in [0, 0.1) is 5.82 Å². The lowest BCUT2D eigenvalue weighted by molar-refractivity contribution is 0.0630. The first-order valence-electron chi connectivity index (χ1n) is 11.7. The van der Waals surface area contributed by atoms with E-state index >= 15 is 0 Å². The topological polar surface area (TPSA) is 29.5 Å². The van der Waals surface area contributed by atoms with Crippen LogP contribution in [-0.4, -0.2) is 11.5 Å². The van der Waals surface area contributed by atoms with Gasteiger partial charge in [-0.15, -0.1) is 0 Å². The second-order valence-corrected chi connectivity index (χ2v) is 9.53. The van der Waals surface area contributed by atoms with E-state index in [0.29, 0.717) is 16.9 Å². The zero-order chi connectivity index (χ0) is 24.2. The van der Waals surface area contributed by atoms with Crippen molar-refractivity contribution in [1.29, 1.82) is 0 Å². The number of carbonyl (C=O) groups excluding carboxylic acids is 1. The van der Waals surface area contributed by atoms with Gasteiger partial charge >= 0.3 is 0 Å². The Hall–Kier alpha value is -4.18. The molecule has 172 valence electrons. The van der Waals surface area contributed by atoms with E-state index < -0.39 is 5.72 Å². The van der Waals surface area contributed by atoms with Crippen LogP contribution in [0.4, 0.5) is 15.8 Å². The maximum atomic E-state index is 13.3. The van der Waals surface area contributed by atoms with E-state index in [0.717, 1.165) is 16.9 Å². The predicted molar refractivity (Wildman–Crippen MR) is 137 cm³/mol. The highest BCUT2D eigenvalue weighted by atomic mass is 19.1. The van der Waals surface area contributed by atoms with Gasteiger partial charge in [-0.2, -0.15) is 0 Å². The molecule has 4 heteroatoms. The lowest BCUT2D eigenvalue weighted by atomic mass is 9.76. The van der Waals surface area contributed by atoms with Crippen LogP contribution in [-0.2, 0) is 5.41 Å². The highest BCUT2D eigenvalue weighted by molar-refractivity contribution is 6.09. The molecule has 0 saturated carbocycles. The van der Waals surface area contributed by atoms with Gasteiger partial charge in [0, 0.05) is 28.1 Å². The van der Waals surface area contributed by atoms with Gasteiger partial charge in [-0.25, -0.2) is 4.39 Å². The highest BCUT2D eigenvalue weighted by Crippen LogP contribution is 2.57. The molecule has 0 bridgehead atoms. The second-order valence-electron chi connectivity index (χ2n) is 9.53. The number of hydrogen-bond donors (Lipinski definition) is 0. The largest absolute Gasteiger partial charge is 0.462 e. The summed E-state index contributed by atoms with van der Waals surface area (Å²) in [5.41, 5.74) is 4.04. The molecule has 4 aromatic rings. The lowest BCUT2D eigenvalue weighted by Crippen LogP contribution is -2.57. The molecule has 2 aliphatic rings. The summed E-state index contributed by atoms with van der Waals surface area (Å²) in [6, 6.07) is 29.8. The van der Waals surface area contributed by atoms with Crippen LogP contribution >= 0.6 is 0 Å². The number of rotatable bonds is 3. The Morgan fingerprint density at radius 2 is 1.51 bits per heavy atom. The average molecular weight is 462 g/mol. The Bertz CT molecular complexity index is 1470. The first-order chi connectivity index (χ1) is 16.9. The van der Waals surface area contributed by atoms with Crippen LogP contribution < -0.4 is 9.64 Å². The Morgan fingerprint density at radius 3 is 2.29 bits per heavy atom. The van der Waals surface area contributed by atoms with E-state index in [1.165, 1.54) is 29.8 Å². The van der Waals surface area contributed by atoms with Crippen molar-refractivity contribution in [2.24, 2.45) is 0 Å². The van der Waals surface area contributed by atoms with Crippen molar-refractivity contribution in [2.75, 3.05) is 4.90 Å². The number of nitrogens with zero attached hydrogens (tertiary/aromatic N) is 1. The summed E-state index contributed by atoms with van der Waals surface area (Å²) in [5.74, 6) is 0.197. The minimum absolute atomic E-state index is 0.152. The molecular weight excluding hydrogens is 437 g/mol. The monoisotopic (exact) mass is 461 g/mol. The third-order valence-corrected chi connectivity index (χ3v) is 7.19. The minimum Gasteiger partial charge on any atom is -0.462 e. The molecule has 1 atom stereocenters. The van der Waals surface area contributed by atoms with Crippen molar-refractivity contribution >= 4 is 23.2 Å². The summed E-state index contributed by atoms with van der Waals surface area (Å²) in [7, 11) is 0. The van der Waals surface area contributed by atoms with Crippen molar-refractivity contribution in [3.8, 4) is 5.75 Å². The van der Waals surface area contributed by atoms with Crippen molar-refractivity contribution in [3.05, 3.63) is 131 Å². The summed E-state index contributed by atoms with van der Waals surface area (Å²) >= 11 is 0. The second kappa shape index (κ2) is 7.67. The Labute approximate surface area is 204 Å². The highest BCUT2D eigenvalue weighted by Gasteiger charge is 2.59. The number of carbonyl (C=O) groups is 1. The number of benzene rings is 4. The molecule has 1 unspecified atom stereocenters. The number of halogens is 1. The molecule has 0 aromatic heterocycles. The summed E-state index contributed by atoms with van der Waals surface area (Å²) in [5, 5.41) is 0. The number of ether oxygens (including phenoxy) is 1. The van der Waals surface area contributed by atoms with Gasteiger partial charge in [-0.05, 0) is 92.2 Å². The molecule has 4 aromatic carbocycles. The molecule has 1 spiro atoms. The van der Waals surface area contributed by atoms with E-state index in [1.807, 2.05) is 36.4 Å². The van der Waals surface area contributed by atoms with Crippen LogP contribution in [0.1, 0.15) is 40.9 Å². The molecule has 0 radical (unpaired) electrons. The Morgan fingerprint density at radius 1 is 0.829 bits per heavy atom. The van der Waals surface area contributed by atoms with Gasteiger partial charge in [-0.3, -0.25) is 9.69 Å². The van der Waals surface area contributed by atoms with E-state index in [9.17, 15) is 9.18 Å². The number of anilines is 2. The molecule has 35 heavy (non-hydrogen) atoms. The summed E-state index contributed by atoms with van der Waals surface area (Å²) in [6.45, 7) is 4.41. The van der Waals surface area contributed by atoms with Gasteiger partial charge in [0.15, 0.2) is 5.78 Å².